The summed E-state index contributed by atoms with van der Waals surface area (Å²) in [4.78, 5) is 27.1. The van der Waals surface area contributed by atoms with Gasteiger partial charge in [0.1, 0.15) is 11.5 Å². The molecule has 0 saturated heterocycles. The number of fused-ring (bicyclic) bond motifs is 1. The zero-order chi connectivity index (χ0) is 25.8. The summed E-state index contributed by atoms with van der Waals surface area (Å²) in [6, 6.07) is 23.7. The summed E-state index contributed by atoms with van der Waals surface area (Å²) in [5.74, 6) is 1.29. The van der Waals surface area contributed by atoms with Crippen LogP contribution in [0.5, 0.6) is 11.5 Å². The summed E-state index contributed by atoms with van der Waals surface area (Å²) in [5.41, 5.74) is 3.52. The number of aromatic nitrogens is 3. The molecule has 0 saturated carbocycles. The van der Waals surface area contributed by atoms with Crippen LogP contribution in [0.1, 0.15) is 0 Å². The first-order valence-electron chi connectivity index (χ1n) is 11.1. The highest BCUT2D eigenvalue weighted by molar-refractivity contribution is 5.87. The monoisotopic (exact) mass is 496 g/mol. The summed E-state index contributed by atoms with van der Waals surface area (Å²) >= 11 is 0. The molecule has 0 radical (unpaired) electrons. The first-order chi connectivity index (χ1) is 18.0. The third kappa shape index (κ3) is 5.30. The van der Waals surface area contributed by atoms with E-state index in [9.17, 15) is 14.9 Å². The van der Waals surface area contributed by atoms with Gasteiger partial charge in [0.25, 0.3) is 5.69 Å². The van der Waals surface area contributed by atoms with Crippen LogP contribution in [0, 0.1) is 10.1 Å². The lowest BCUT2D eigenvalue weighted by molar-refractivity contribution is -0.384. The number of nitro groups is 1. The first-order valence-corrected chi connectivity index (χ1v) is 11.1. The SMILES string of the molecule is COc1ccccc1Nc1nc2ccc(-c3cccc(NC(=O)Oc4ccc([N+](=O)[O-])cc4)c3)cn2n1. The number of pyridine rings is 1. The minimum Gasteiger partial charge on any atom is -0.495 e. The van der Waals surface area contributed by atoms with Crippen LogP contribution < -0.4 is 20.1 Å². The normalized spacial score (nSPS) is 10.6. The number of rotatable bonds is 7. The number of non-ortho nitro benzene ring substituents is 1. The van der Waals surface area contributed by atoms with Crippen LogP contribution in [0.3, 0.4) is 0 Å². The van der Waals surface area contributed by atoms with Crippen molar-refractivity contribution in [1.29, 1.82) is 0 Å². The van der Waals surface area contributed by atoms with E-state index in [0.717, 1.165) is 16.8 Å². The maximum Gasteiger partial charge on any atom is 0.417 e. The molecule has 2 N–H and O–H groups in total. The molecule has 1 amide bonds. The minimum atomic E-state index is -0.718. The Bertz CT molecular complexity index is 1600. The number of hydrogen-bond acceptors (Lipinski definition) is 8. The molecular weight excluding hydrogens is 476 g/mol. The van der Waals surface area contributed by atoms with Crippen LogP contribution in [0.25, 0.3) is 16.8 Å². The number of nitro benzene ring substituents is 1. The van der Waals surface area contributed by atoms with Gasteiger partial charge in [-0.25, -0.2) is 9.31 Å². The molecule has 2 heterocycles. The van der Waals surface area contributed by atoms with Gasteiger partial charge in [0.05, 0.1) is 17.7 Å². The van der Waals surface area contributed by atoms with Crippen LogP contribution in [0.2, 0.25) is 0 Å². The molecule has 0 spiro atoms. The van der Waals surface area contributed by atoms with Crippen molar-refractivity contribution in [1.82, 2.24) is 14.6 Å². The van der Waals surface area contributed by atoms with E-state index in [2.05, 4.69) is 20.7 Å². The van der Waals surface area contributed by atoms with Crippen LogP contribution >= 0.6 is 0 Å². The van der Waals surface area contributed by atoms with Gasteiger partial charge in [0.15, 0.2) is 5.65 Å². The van der Waals surface area contributed by atoms with Gasteiger partial charge >= 0.3 is 6.09 Å². The molecule has 0 unspecified atom stereocenters. The van der Waals surface area contributed by atoms with Gasteiger partial charge in [-0.3, -0.25) is 15.4 Å². The van der Waals surface area contributed by atoms with Gasteiger partial charge in [-0.05, 0) is 54.1 Å². The molecule has 0 bridgehead atoms. The van der Waals surface area contributed by atoms with Crippen molar-refractivity contribution in [3.8, 4) is 22.6 Å². The highest BCUT2D eigenvalue weighted by atomic mass is 16.6. The Kier molecular flexibility index (Phi) is 6.32. The number of hydrogen-bond donors (Lipinski definition) is 2. The fraction of sp³-hybridized carbons (Fsp3) is 0.0385. The van der Waals surface area contributed by atoms with Crippen LogP contribution in [-0.4, -0.2) is 32.7 Å². The van der Waals surface area contributed by atoms with E-state index in [0.29, 0.717) is 23.0 Å². The topological polar surface area (TPSA) is 133 Å². The highest BCUT2D eigenvalue weighted by Gasteiger charge is 2.11. The molecule has 0 aliphatic carbocycles. The quantitative estimate of drug-likeness (QED) is 0.218. The highest BCUT2D eigenvalue weighted by Crippen LogP contribution is 2.27. The molecule has 184 valence electrons. The van der Waals surface area contributed by atoms with Gasteiger partial charge in [0.2, 0.25) is 5.95 Å². The molecule has 2 aromatic heterocycles. The van der Waals surface area contributed by atoms with Crippen molar-refractivity contribution in [2.24, 2.45) is 0 Å². The lowest BCUT2D eigenvalue weighted by Crippen LogP contribution is -2.16. The predicted molar refractivity (Wildman–Crippen MR) is 137 cm³/mol. The number of amides is 1. The lowest BCUT2D eigenvalue weighted by Gasteiger charge is -2.08. The van der Waals surface area contributed by atoms with Crippen LogP contribution in [0.4, 0.5) is 27.8 Å². The Morgan fingerprint density at radius 2 is 1.78 bits per heavy atom. The number of carbonyl (C=O) groups excluding carboxylic acids is 1. The number of carbonyl (C=O) groups is 1. The Labute approximate surface area is 210 Å². The molecule has 0 atom stereocenters. The molecule has 0 aliphatic rings. The van der Waals surface area contributed by atoms with Crippen LogP contribution in [-0.2, 0) is 0 Å². The number of nitrogens with one attached hydrogen (secondary N) is 2. The average Bonchev–Trinajstić information content (AvgIpc) is 3.31. The van der Waals surface area contributed by atoms with E-state index in [-0.39, 0.29) is 11.4 Å². The van der Waals surface area contributed by atoms with E-state index in [1.807, 2.05) is 48.7 Å². The Morgan fingerprint density at radius 1 is 0.973 bits per heavy atom. The summed E-state index contributed by atoms with van der Waals surface area (Å²) < 4.78 is 12.2. The average molecular weight is 496 g/mol. The fourth-order valence-corrected chi connectivity index (χ4v) is 3.64. The van der Waals surface area contributed by atoms with Crippen molar-refractivity contribution in [3.63, 3.8) is 0 Å². The number of anilines is 3. The number of benzene rings is 3. The zero-order valence-electron chi connectivity index (χ0n) is 19.5. The Hall–Kier alpha value is -5.45. The third-order valence-corrected chi connectivity index (χ3v) is 5.38. The summed E-state index contributed by atoms with van der Waals surface area (Å²) in [6.07, 6.45) is 1.12. The maximum absolute atomic E-state index is 12.3. The number of para-hydroxylation sites is 2. The Balaban J connectivity index is 1.30. The summed E-state index contributed by atoms with van der Waals surface area (Å²) in [7, 11) is 1.60. The van der Waals surface area contributed by atoms with Gasteiger partial charge in [-0.1, -0.05) is 24.3 Å². The first kappa shape index (κ1) is 23.3. The van der Waals surface area contributed by atoms with Crippen molar-refractivity contribution >= 4 is 34.8 Å². The molecule has 5 aromatic rings. The second-order valence-electron chi connectivity index (χ2n) is 7.83. The van der Waals surface area contributed by atoms with Gasteiger partial charge < -0.3 is 14.8 Å². The van der Waals surface area contributed by atoms with Crippen LogP contribution in [0.15, 0.2) is 91.1 Å². The summed E-state index contributed by atoms with van der Waals surface area (Å²) in [6.45, 7) is 0. The van der Waals surface area contributed by atoms with E-state index >= 15 is 0 Å². The standard InChI is InChI=1S/C26H20N6O5/c1-36-23-8-3-2-7-22(23)28-25-29-24-14-9-18(16-31(24)30-25)17-5-4-6-19(15-17)27-26(33)37-21-12-10-20(11-13-21)32(34)35/h2-16H,1H3,(H,27,33)(H,28,30). The lowest BCUT2D eigenvalue weighted by atomic mass is 10.1. The zero-order valence-corrected chi connectivity index (χ0v) is 19.5. The largest absolute Gasteiger partial charge is 0.495 e. The van der Waals surface area contributed by atoms with E-state index in [1.54, 1.807) is 29.8 Å². The second-order valence-corrected chi connectivity index (χ2v) is 7.83. The van der Waals surface area contributed by atoms with Crippen molar-refractivity contribution < 1.29 is 19.2 Å². The number of methoxy groups -OCH3 is 1. The molecule has 5 rings (SSSR count). The summed E-state index contributed by atoms with van der Waals surface area (Å²) in [5, 5.41) is 21.1. The smallest absolute Gasteiger partial charge is 0.417 e. The third-order valence-electron chi connectivity index (χ3n) is 5.38. The maximum atomic E-state index is 12.3. The molecular formula is C26H20N6O5. The van der Waals surface area contributed by atoms with Gasteiger partial charge in [-0.15, -0.1) is 5.10 Å². The molecule has 0 aliphatic heterocycles. The second kappa shape index (κ2) is 10.0. The number of ether oxygens (including phenoxy) is 2. The molecule has 11 nitrogen and oxygen atoms in total. The Morgan fingerprint density at radius 3 is 2.57 bits per heavy atom. The van der Waals surface area contributed by atoms with Crippen molar-refractivity contribution in [2.75, 3.05) is 17.7 Å². The number of nitrogens with zero attached hydrogens (tertiary/aromatic N) is 4. The molecule has 37 heavy (non-hydrogen) atoms. The fourth-order valence-electron chi connectivity index (χ4n) is 3.64. The van der Waals surface area contributed by atoms with Gasteiger partial charge in [-0.2, -0.15) is 4.98 Å². The van der Waals surface area contributed by atoms with Crippen molar-refractivity contribution in [3.05, 3.63) is 101 Å². The molecule has 0 fully saturated rings. The van der Waals surface area contributed by atoms with E-state index < -0.39 is 11.0 Å². The van der Waals surface area contributed by atoms with Gasteiger partial charge in [0, 0.05) is 29.6 Å². The van der Waals surface area contributed by atoms with Crippen molar-refractivity contribution in [2.45, 2.75) is 0 Å². The van der Waals surface area contributed by atoms with E-state index in [1.165, 1.54) is 24.3 Å². The predicted octanol–water partition coefficient (Wildman–Crippen LogP) is 5.67. The molecule has 11 heteroatoms. The minimum absolute atomic E-state index is 0.0903. The molecule has 3 aromatic carbocycles. The van der Waals surface area contributed by atoms with E-state index in [4.69, 9.17) is 9.47 Å².